The number of nitrogens with two attached hydrogens (primary N) is 1. The largest absolute Gasteiger partial charge is 0.478 e. The van der Waals surface area contributed by atoms with Gasteiger partial charge in [-0.25, -0.2) is 4.79 Å². The summed E-state index contributed by atoms with van der Waals surface area (Å²) in [6, 6.07) is 4.64. The molecule has 0 amide bonds. The van der Waals surface area contributed by atoms with Gasteiger partial charge in [-0.05, 0) is 33.6 Å². The van der Waals surface area contributed by atoms with Crippen molar-refractivity contribution in [1.29, 1.82) is 0 Å². The van der Waals surface area contributed by atoms with Gasteiger partial charge in [-0.1, -0.05) is 12.1 Å². The molecule has 3 nitrogen and oxygen atoms in total. The summed E-state index contributed by atoms with van der Waals surface area (Å²) in [5.41, 5.74) is 6.63. The quantitative estimate of drug-likeness (QED) is 0.816. The van der Waals surface area contributed by atoms with Gasteiger partial charge in [0.2, 0.25) is 0 Å². The maximum absolute atomic E-state index is 10.8. The normalized spacial score (nSPS) is 12.1. The van der Waals surface area contributed by atoms with Crippen LogP contribution in [0.2, 0.25) is 0 Å². The number of benzene rings is 1. The van der Waals surface area contributed by atoms with E-state index in [4.69, 9.17) is 10.8 Å². The van der Waals surface area contributed by atoms with E-state index in [9.17, 15) is 4.79 Å². The van der Waals surface area contributed by atoms with Crippen molar-refractivity contribution < 1.29 is 9.90 Å². The highest BCUT2D eigenvalue weighted by molar-refractivity contribution is 9.10. The second-order valence-corrected chi connectivity index (χ2v) is 3.66. The number of hydrogen-bond acceptors (Lipinski definition) is 2. The second-order valence-electron chi connectivity index (χ2n) is 2.81. The Kier molecular flexibility index (Phi) is 3.43. The molecule has 1 atom stereocenters. The fourth-order valence-corrected chi connectivity index (χ4v) is 1.47. The number of aromatic carboxylic acids is 1. The first kappa shape index (κ1) is 10.9. The summed E-state index contributed by atoms with van der Waals surface area (Å²) < 4.78 is 0.546. The molecule has 14 heavy (non-hydrogen) atoms. The van der Waals surface area contributed by atoms with E-state index in [1.165, 1.54) is 0 Å². The van der Waals surface area contributed by atoms with Crippen molar-refractivity contribution in [3.63, 3.8) is 0 Å². The van der Waals surface area contributed by atoms with Gasteiger partial charge in [0.15, 0.2) is 0 Å². The van der Waals surface area contributed by atoms with Gasteiger partial charge in [-0.15, -0.1) is 6.58 Å². The van der Waals surface area contributed by atoms with Gasteiger partial charge in [0, 0.05) is 10.5 Å². The van der Waals surface area contributed by atoms with Crippen LogP contribution >= 0.6 is 15.9 Å². The Bertz CT molecular complexity index is 376. The Morgan fingerprint density at radius 2 is 2.29 bits per heavy atom. The lowest BCUT2D eigenvalue weighted by Gasteiger charge is -2.08. The number of carboxylic acids is 1. The zero-order chi connectivity index (χ0) is 10.7. The van der Waals surface area contributed by atoms with E-state index in [2.05, 4.69) is 22.5 Å². The van der Waals surface area contributed by atoms with Crippen molar-refractivity contribution >= 4 is 21.9 Å². The highest BCUT2D eigenvalue weighted by Gasteiger charge is 2.10. The zero-order valence-electron chi connectivity index (χ0n) is 7.40. The molecule has 0 aliphatic rings. The SMILES string of the molecule is C=C[C@H](N)c1ccc(Br)c(C(=O)O)c1. The predicted molar refractivity (Wildman–Crippen MR) is 58.2 cm³/mol. The van der Waals surface area contributed by atoms with E-state index in [-0.39, 0.29) is 11.6 Å². The van der Waals surface area contributed by atoms with Gasteiger partial charge in [-0.2, -0.15) is 0 Å². The van der Waals surface area contributed by atoms with Crippen molar-refractivity contribution in [2.24, 2.45) is 5.73 Å². The topological polar surface area (TPSA) is 63.3 Å². The molecule has 1 rings (SSSR count). The number of hydrogen-bond donors (Lipinski definition) is 2. The molecule has 0 unspecified atom stereocenters. The van der Waals surface area contributed by atoms with E-state index in [1.54, 1.807) is 24.3 Å². The summed E-state index contributed by atoms with van der Waals surface area (Å²) in [6.07, 6.45) is 1.56. The highest BCUT2D eigenvalue weighted by Crippen LogP contribution is 2.21. The van der Waals surface area contributed by atoms with Crippen LogP contribution in [0.4, 0.5) is 0 Å². The summed E-state index contributed by atoms with van der Waals surface area (Å²) in [6.45, 7) is 3.55. The molecule has 0 aliphatic carbocycles. The van der Waals surface area contributed by atoms with Crippen molar-refractivity contribution in [3.05, 3.63) is 46.5 Å². The van der Waals surface area contributed by atoms with Crippen molar-refractivity contribution in [3.8, 4) is 0 Å². The summed E-state index contributed by atoms with van der Waals surface area (Å²) in [5.74, 6) is -0.977. The molecule has 0 aliphatic heterocycles. The molecule has 0 aromatic heterocycles. The van der Waals surface area contributed by atoms with Gasteiger partial charge in [0.1, 0.15) is 0 Å². The summed E-state index contributed by atoms with van der Waals surface area (Å²) in [7, 11) is 0. The van der Waals surface area contributed by atoms with Crippen LogP contribution in [0.3, 0.4) is 0 Å². The van der Waals surface area contributed by atoms with Crippen LogP contribution in [-0.2, 0) is 0 Å². The first-order chi connectivity index (χ1) is 6.56. The molecule has 0 spiro atoms. The minimum Gasteiger partial charge on any atom is -0.478 e. The lowest BCUT2D eigenvalue weighted by Crippen LogP contribution is -2.08. The van der Waals surface area contributed by atoms with Crippen LogP contribution in [0.15, 0.2) is 35.3 Å². The molecule has 0 saturated carbocycles. The second kappa shape index (κ2) is 4.39. The molecule has 74 valence electrons. The van der Waals surface area contributed by atoms with Gasteiger partial charge < -0.3 is 10.8 Å². The molecular formula is C10H10BrNO2. The summed E-state index contributed by atoms with van der Waals surface area (Å²) in [4.78, 5) is 10.8. The number of halogens is 1. The molecule has 4 heteroatoms. The lowest BCUT2D eigenvalue weighted by molar-refractivity contribution is 0.0696. The Balaban J connectivity index is 3.19. The van der Waals surface area contributed by atoms with Gasteiger partial charge in [-0.3, -0.25) is 0 Å². The first-order valence-corrected chi connectivity index (χ1v) is 4.76. The van der Waals surface area contributed by atoms with Crippen LogP contribution < -0.4 is 5.73 Å². The lowest BCUT2D eigenvalue weighted by atomic mass is 10.0. The Morgan fingerprint density at radius 3 is 2.79 bits per heavy atom. The monoisotopic (exact) mass is 255 g/mol. The standard InChI is InChI=1S/C10H10BrNO2/c1-2-9(12)6-3-4-8(11)7(5-6)10(13)14/h2-5,9H,1,12H2,(H,13,14)/t9-/m0/s1. The summed E-state index contributed by atoms with van der Waals surface area (Å²) >= 11 is 3.15. The van der Waals surface area contributed by atoms with E-state index >= 15 is 0 Å². The molecular weight excluding hydrogens is 246 g/mol. The zero-order valence-corrected chi connectivity index (χ0v) is 8.99. The van der Waals surface area contributed by atoms with Gasteiger partial charge in [0.25, 0.3) is 0 Å². The van der Waals surface area contributed by atoms with Gasteiger partial charge in [0.05, 0.1) is 5.56 Å². The number of carbonyl (C=O) groups is 1. The minimum atomic E-state index is -0.977. The molecule has 1 aromatic carbocycles. The fraction of sp³-hybridized carbons (Fsp3) is 0.100. The van der Waals surface area contributed by atoms with Crippen molar-refractivity contribution in [1.82, 2.24) is 0 Å². The molecule has 1 aromatic rings. The minimum absolute atomic E-state index is 0.208. The van der Waals surface area contributed by atoms with Crippen LogP contribution in [0, 0.1) is 0 Å². The molecule has 0 bridgehead atoms. The number of carboxylic acid groups (broad SMARTS) is 1. The molecule has 0 heterocycles. The molecule has 0 fully saturated rings. The van der Waals surface area contributed by atoms with E-state index in [0.29, 0.717) is 4.47 Å². The molecule has 3 N–H and O–H groups in total. The van der Waals surface area contributed by atoms with Gasteiger partial charge >= 0.3 is 5.97 Å². The van der Waals surface area contributed by atoms with E-state index in [0.717, 1.165) is 5.56 Å². The maximum atomic E-state index is 10.8. The predicted octanol–water partition coefficient (Wildman–Crippen LogP) is 2.33. The third-order valence-corrected chi connectivity index (χ3v) is 2.55. The average Bonchev–Trinajstić information content (AvgIpc) is 2.17. The smallest absolute Gasteiger partial charge is 0.336 e. The highest BCUT2D eigenvalue weighted by atomic mass is 79.9. The Labute approximate surface area is 90.4 Å². The summed E-state index contributed by atoms with van der Waals surface area (Å²) in [5, 5.41) is 8.85. The number of rotatable bonds is 3. The third-order valence-electron chi connectivity index (χ3n) is 1.86. The van der Waals surface area contributed by atoms with Crippen LogP contribution in [0.5, 0.6) is 0 Å². The first-order valence-electron chi connectivity index (χ1n) is 3.97. The Hall–Kier alpha value is -1.13. The van der Waals surface area contributed by atoms with E-state index < -0.39 is 5.97 Å². The van der Waals surface area contributed by atoms with Crippen molar-refractivity contribution in [2.75, 3.05) is 0 Å². The Morgan fingerprint density at radius 1 is 1.64 bits per heavy atom. The van der Waals surface area contributed by atoms with Crippen molar-refractivity contribution in [2.45, 2.75) is 6.04 Å². The van der Waals surface area contributed by atoms with Crippen LogP contribution in [0.25, 0.3) is 0 Å². The molecule has 0 radical (unpaired) electrons. The van der Waals surface area contributed by atoms with E-state index in [1.807, 2.05) is 0 Å². The third kappa shape index (κ3) is 2.21. The van der Waals surface area contributed by atoms with Crippen LogP contribution in [-0.4, -0.2) is 11.1 Å². The fourth-order valence-electron chi connectivity index (χ4n) is 1.05. The maximum Gasteiger partial charge on any atom is 0.336 e. The molecule has 0 saturated heterocycles. The van der Waals surface area contributed by atoms with Crippen LogP contribution in [0.1, 0.15) is 22.0 Å². The average molecular weight is 256 g/mol.